The zero-order valence-corrected chi connectivity index (χ0v) is 16.2. The van der Waals surface area contributed by atoms with Crippen LogP contribution in [0.2, 0.25) is 5.02 Å². The van der Waals surface area contributed by atoms with E-state index in [1.807, 2.05) is 6.07 Å². The van der Waals surface area contributed by atoms with Crippen LogP contribution in [0.3, 0.4) is 0 Å². The van der Waals surface area contributed by atoms with Gasteiger partial charge in [0.1, 0.15) is 0 Å². The summed E-state index contributed by atoms with van der Waals surface area (Å²) < 4.78 is 0. The van der Waals surface area contributed by atoms with Crippen molar-refractivity contribution < 1.29 is 14.5 Å². The molecule has 2 atom stereocenters. The quantitative estimate of drug-likeness (QED) is 0.740. The lowest BCUT2D eigenvalue weighted by Crippen LogP contribution is -3.14. The minimum Gasteiger partial charge on any atom is -0.327 e. The summed E-state index contributed by atoms with van der Waals surface area (Å²) in [5.74, 6) is 0.317. The average molecular weight is 387 g/mol. The van der Waals surface area contributed by atoms with E-state index in [2.05, 4.69) is 17.6 Å². The smallest absolute Gasteiger partial charge is 0.279 e. The molecule has 142 valence electrons. The Hall–Kier alpha value is -2.37. The number of anilines is 2. The molecule has 1 fully saturated rings. The number of piperidine rings is 1. The predicted molar refractivity (Wildman–Crippen MR) is 108 cm³/mol. The van der Waals surface area contributed by atoms with Crippen LogP contribution >= 0.6 is 11.6 Å². The van der Waals surface area contributed by atoms with Crippen LogP contribution < -0.4 is 15.5 Å². The number of amides is 2. The van der Waals surface area contributed by atoms with Crippen molar-refractivity contribution in [3.63, 3.8) is 0 Å². The predicted octanol–water partition coefficient (Wildman–Crippen LogP) is 2.85. The van der Waals surface area contributed by atoms with Gasteiger partial charge in [-0.1, -0.05) is 30.7 Å². The molecule has 2 amide bonds. The van der Waals surface area contributed by atoms with Gasteiger partial charge in [-0.2, -0.15) is 0 Å². The highest BCUT2D eigenvalue weighted by molar-refractivity contribution is 6.30. The molecule has 0 radical (unpaired) electrons. The van der Waals surface area contributed by atoms with E-state index < -0.39 is 0 Å². The molecule has 2 aromatic rings. The van der Waals surface area contributed by atoms with E-state index in [4.69, 9.17) is 11.6 Å². The van der Waals surface area contributed by atoms with E-state index in [1.54, 1.807) is 42.5 Å². The number of carbonyl (C=O) groups excluding carboxylic acids is 2. The number of para-hydroxylation sites is 1. The zero-order valence-electron chi connectivity index (χ0n) is 15.4. The Morgan fingerprint density at radius 3 is 2.59 bits per heavy atom. The first-order chi connectivity index (χ1) is 13.0. The highest BCUT2D eigenvalue weighted by atomic mass is 35.5. The summed E-state index contributed by atoms with van der Waals surface area (Å²) in [6.07, 6.45) is 2.39. The number of rotatable bonds is 5. The zero-order chi connectivity index (χ0) is 19.2. The van der Waals surface area contributed by atoms with Crippen molar-refractivity contribution in [1.82, 2.24) is 0 Å². The van der Waals surface area contributed by atoms with Crippen LogP contribution in [0.15, 0.2) is 48.5 Å². The second-order valence-corrected chi connectivity index (χ2v) is 7.62. The van der Waals surface area contributed by atoms with Gasteiger partial charge in [-0.05, 0) is 49.2 Å². The summed E-state index contributed by atoms with van der Waals surface area (Å²) >= 11 is 5.87. The standard InChI is InChI=1S/C21H24ClN3O2/c1-15-5-4-12-25(13-15)14-20(26)24-19-7-3-2-6-18(19)21(27)23-17-10-8-16(22)9-11-17/h2-3,6-11,15H,4-5,12-14H2,1H3,(H,23,27)(H,24,26)/p+1/t15-/m1/s1. The van der Waals surface area contributed by atoms with Crippen LogP contribution in [-0.4, -0.2) is 31.4 Å². The maximum Gasteiger partial charge on any atom is 0.279 e. The van der Waals surface area contributed by atoms with Crippen molar-refractivity contribution in [2.24, 2.45) is 5.92 Å². The Balaban J connectivity index is 1.65. The maximum atomic E-state index is 12.6. The van der Waals surface area contributed by atoms with E-state index >= 15 is 0 Å². The van der Waals surface area contributed by atoms with Crippen molar-refractivity contribution in [2.75, 3.05) is 30.3 Å². The molecular weight excluding hydrogens is 362 g/mol. The van der Waals surface area contributed by atoms with Gasteiger partial charge in [-0.25, -0.2) is 0 Å². The lowest BCUT2D eigenvalue weighted by molar-refractivity contribution is -0.900. The number of likely N-dealkylation sites (tertiary alicyclic amines) is 1. The molecule has 0 aromatic heterocycles. The summed E-state index contributed by atoms with van der Waals surface area (Å²) in [6, 6.07) is 14.0. The van der Waals surface area contributed by atoms with Crippen molar-refractivity contribution in [3.8, 4) is 0 Å². The fraction of sp³-hybridized carbons (Fsp3) is 0.333. The third-order valence-corrected chi connectivity index (χ3v) is 5.07. The van der Waals surface area contributed by atoms with E-state index in [1.165, 1.54) is 11.3 Å². The molecule has 0 saturated carbocycles. The summed E-state index contributed by atoms with van der Waals surface area (Å²) in [5, 5.41) is 6.35. The minimum absolute atomic E-state index is 0.0640. The van der Waals surface area contributed by atoms with E-state index in [0.29, 0.717) is 34.4 Å². The fourth-order valence-electron chi connectivity index (χ4n) is 3.50. The molecule has 5 nitrogen and oxygen atoms in total. The number of carbonyl (C=O) groups is 2. The van der Waals surface area contributed by atoms with Gasteiger partial charge < -0.3 is 15.5 Å². The van der Waals surface area contributed by atoms with E-state index in [0.717, 1.165) is 19.5 Å². The van der Waals surface area contributed by atoms with Crippen LogP contribution in [0, 0.1) is 5.92 Å². The van der Waals surface area contributed by atoms with E-state index in [-0.39, 0.29) is 11.8 Å². The SMILES string of the molecule is C[C@@H]1CCC[NH+](CC(=O)Nc2ccccc2C(=O)Nc2ccc(Cl)cc2)C1. The Morgan fingerprint density at radius 1 is 1.11 bits per heavy atom. The fourth-order valence-corrected chi connectivity index (χ4v) is 3.63. The lowest BCUT2D eigenvalue weighted by atomic mass is 10.0. The number of nitrogens with one attached hydrogen (secondary N) is 3. The average Bonchev–Trinajstić information content (AvgIpc) is 2.64. The largest absolute Gasteiger partial charge is 0.327 e. The highest BCUT2D eigenvalue weighted by Gasteiger charge is 2.22. The number of halogens is 1. The Morgan fingerprint density at radius 2 is 1.85 bits per heavy atom. The number of quaternary nitrogens is 1. The summed E-state index contributed by atoms with van der Waals surface area (Å²) in [6.45, 7) is 4.70. The van der Waals surface area contributed by atoms with Gasteiger partial charge in [-0.15, -0.1) is 0 Å². The number of hydrogen-bond donors (Lipinski definition) is 3. The molecule has 1 unspecified atom stereocenters. The van der Waals surface area contributed by atoms with Crippen LogP contribution in [0.1, 0.15) is 30.1 Å². The molecule has 27 heavy (non-hydrogen) atoms. The minimum atomic E-state index is -0.271. The molecule has 1 saturated heterocycles. The summed E-state index contributed by atoms with van der Waals surface area (Å²) in [5.41, 5.74) is 1.61. The van der Waals surface area contributed by atoms with Gasteiger partial charge >= 0.3 is 0 Å². The molecule has 3 N–H and O–H groups in total. The molecule has 1 aliphatic heterocycles. The summed E-state index contributed by atoms with van der Waals surface area (Å²) in [7, 11) is 0. The van der Waals surface area contributed by atoms with Crippen molar-refractivity contribution in [2.45, 2.75) is 19.8 Å². The number of benzene rings is 2. The van der Waals surface area contributed by atoms with Crippen molar-refractivity contribution in [3.05, 3.63) is 59.1 Å². The summed E-state index contributed by atoms with van der Waals surface area (Å²) in [4.78, 5) is 26.4. The maximum absolute atomic E-state index is 12.6. The van der Waals surface area contributed by atoms with Gasteiger partial charge in [0, 0.05) is 16.6 Å². The molecule has 1 heterocycles. The normalized spacial score (nSPS) is 19.3. The first-order valence-electron chi connectivity index (χ1n) is 9.30. The van der Waals surface area contributed by atoms with Crippen LogP contribution in [0.5, 0.6) is 0 Å². The van der Waals surface area contributed by atoms with Gasteiger partial charge in [0.15, 0.2) is 6.54 Å². The van der Waals surface area contributed by atoms with Gasteiger partial charge in [0.05, 0.1) is 24.3 Å². The third-order valence-electron chi connectivity index (χ3n) is 4.82. The van der Waals surface area contributed by atoms with Crippen LogP contribution in [0.4, 0.5) is 11.4 Å². The van der Waals surface area contributed by atoms with Crippen LogP contribution in [-0.2, 0) is 4.79 Å². The second-order valence-electron chi connectivity index (χ2n) is 7.18. The third kappa shape index (κ3) is 5.55. The van der Waals surface area contributed by atoms with Crippen LogP contribution in [0.25, 0.3) is 0 Å². The van der Waals surface area contributed by atoms with Gasteiger partial charge in [0.25, 0.3) is 11.8 Å². The molecular formula is C21H25ClN3O2+. The number of hydrogen-bond acceptors (Lipinski definition) is 2. The Labute approximate surface area is 164 Å². The monoisotopic (exact) mass is 386 g/mol. The molecule has 0 spiro atoms. The molecule has 2 aromatic carbocycles. The lowest BCUT2D eigenvalue weighted by Gasteiger charge is -2.27. The molecule has 0 bridgehead atoms. The van der Waals surface area contributed by atoms with Gasteiger partial charge in [-0.3, -0.25) is 9.59 Å². The van der Waals surface area contributed by atoms with Crippen molar-refractivity contribution in [1.29, 1.82) is 0 Å². The van der Waals surface area contributed by atoms with E-state index in [9.17, 15) is 9.59 Å². The molecule has 0 aliphatic carbocycles. The Bertz CT molecular complexity index is 807. The Kier molecular flexibility index (Phi) is 6.48. The molecule has 6 heteroatoms. The molecule has 1 aliphatic rings. The second kappa shape index (κ2) is 9.02. The van der Waals surface area contributed by atoms with Crippen molar-refractivity contribution >= 4 is 34.8 Å². The molecule has 3 rings (SSSR count). The first-order valence-corrected chi connectivity index (χ1v) is 9.68. The topological polar surface area (TPSA) is 62.6 Å². The van der Waals surface area contributed by atoms with Gasteiger partial charge in [0.2, 0.25) is 0 Å². The highest BCUT2D eigenvalue weighted by Crippen LogP contribution is 2.19. The first kappa shape index (κ1) is 19.4.